The molecule has 2 heteroatoms. The first-order valence-corrected chi connectivity index (χ1v) is 10.3. The smallest absolute Gasteiger partial charge is 0.143 e. The second kappa shape index (κ2) is 6.77. The average molecular weight is 392 g/mol. The number of anilines is 1. The van der Waals surface area contributed by atoms with E-state index in [9.17, 15) is 0 Å². The number of benzene rings is 4. The van der Waals surface area contributed by atoms with Crippen LogP contribution >= 0.6 is 0 Å². The van der Waals surface area contributed by atoms with Crippen molar-refractivity contribution in [3.63, 3.8) is 0 Å². The molecule has 0 atom stereocenters. The quantitative estimate of drug-likeness (QED) is 0.312. The number of rotatable bonds is 2. The second-order valence-corrected chi connectivity index (χ2v) is 8.88. The van der Waals surface area contributed by atoms with Crippen LogP contribution in [0.1, 0.15) is 26.3 Å². The number of hydrogen-bond donors (Lipinski definition) is 1. The fourth-order valence-corrected chi connectivity index (χ4v) is 4.12. The van der Waals surface area contributed by atoms with Crippen LogP contribution in [-0.4, -0.2) is 0 Å². The van der Waals surface area contributed by atoms with E-state index in [4.69, 9.17) is 10.2 Å². The minimum atomic E-state index is -0.00620. The third-order valence-electron chi connectivity index (χ3n) is 5.83. The van der Waals surface area contributed by atoms with Gasteiger partial charge in [-0.25, -0.2) is 0 Å². The molecule has 4 aromatic carbocycles. The monoisotopic (exact) mass is 391 g/mol. The molecule has 0 saturated heterocycles. The van der Waals surface area contributed by atoms with Gasteiger partial charge in [-0.05, 0) is 34.7 Å². The van der Waals surface area contributed by atoms with Crippen molar-refractivity contribution < 1.29 is 4.42 Å². The average Bonchev–Trinajstić information content (AvgIpc) is 3.13. The Morgan fingerprint density at radius 2 is 1.33 bits per heavy atom. The summed E-state index contributed by atoms with van der Waals surface area (Å²) in [7, 11) is 0. The summed E-state index contributed by atoms with van der Waals surface area (Å²) in [5.74, 6) is 0. The predicted octanol–water partition coefficient (Wildman–Crippen LogP) is 7.80. The van der Waals surface area contributed by atoms with Gasteiger partial charge in [-0.2, -0.15) is 0 Å². The van der Waals surface area contributed by atoms with E-state index >= 15 is 0 Å². The lowest BCUT2D eigenvalue weighted by atomic mass is 9.82. The molecule has 5 rings (SSSR count). The molecule has 2 nitrogen and oxygen atoms in total. The van der Waals surface area contributed by atoms with Crippen LogP contribution in [0.4, 0.5) is 5.69 Å². The van der Waals surface area contributed by atoms with Crippen molar-refractivity contribution in [3.8, 4) is 22.3 Å². The first kappa shape index (κ1) is 18.5. The third-order valence-corrected chi connectivity index (χ3v) is 5.83. The van der Waals surface area contributed by atoms with E-state index in [1.807, 2.05) is 24.3 Å². The van der Waals surface area contributed by atoms with Crippen molar-refractivity contribution in [2.45, 2.75) is 26.2 Å². The maximum atomic E-state index is 6.80. The number of nitrogens with two attached hydrogens (primary N) is 1. The summed E-state index contributed by atoms with van der Waals surface area (Å²) in [5.41, 5.74) is 14.8. The maximum absolute atomic E-state index is 6.80. The molecule has 5 aromatic rings. The van der Waals surface area contributed by atoms with Gasteiger partial charge in [-0.15, -0.1) is 0 Å². The van der Waals surface area contributed by atoms with E-state index in [2.05, 4.69) is 81.4 Å². The number of hydrogen-bond acceptors (Lipinski definition) is 2. The Labute approximate surface area is 177 Å². The second-order valence-electron chi connectivity index (χ2n) is 8.88. The van der Waals surface area contributed by atoms with Crippen molar-refractivity contribution >= 4 is 27.6 Å². The number of para-hydroxylation sites is 2. The van der Waals surface area contributed by atoms with Crippen LogP contribution in [0.15, 0.2) is 89.3 Å². The van der Waals surface area contributed by atoms with Crippen LogP contribution in [0.25, 0.3) is 44.2 Å². The van der Waals surface area contributed by atoms with E-state index in [0.717, 1.165) is 49.9 Å². The molecule has 1 heterocycles. The summed E-state index contributed by atoms with van der Waals surface area (Å²) >= 11 is 0. The van der Waals surface area contributed by atoms with Gasteiger partial charge in [0.2, 0.25) is 0 Å². The van der Waals surface area contributed by atoms with E-state index in [1.165, 1.54) is 5.56 Å². The normalized spacial score (nSPS) is 12.0. The van der Waals surface area contributed by atoms with Crippen LogP contribution in [-0.2, 0) is 5.41 Å². The van der Waals surface area contributed by atoms with Crippen LogP contribution in [0.3, 0.4) is 0 Å². The Bertz CT molecular complexity index is 1370. The first-order valence-electron chi connectivity index (χ1n) is 10.3. The lowest BCUT2D eigenvalue weighted by Gasteiger charge is -2.23. The van der Waals surface area contributed by atoms with Gasteiger partial charge in [-0.1, -0.05) is 87.5 Å². The molecule has 0 bridgehead atoms. The van der Waals surface area contributed by atoms with Crippen LogP contribution < -0.4 is 5.73 Å². The molecule has 0 fully saturated rings. The van der Waals surface area contributed by atoms with Gasteiger partial charge in [-0.3, -0.25) is 0 Å². The summed E-state index contributed by atoms with van der Waals surface area (Å²) in [6.07, 6.45) is 0. The Balaban J connectivity index is 1.85. The van der Waals surface area contributed by atoms with Gasteiger partial charge in [0.15, 0.2) is 0 Å². The zero-order valence-electron chi connectivity index (χ0n) is 17.6. The van der Waals surface area contributed by atoms with Gasteiger partial charge < -0.3 is 10.2 Å². The number of fused-ring (bicyclic) bond motifs is 3. The highest BCUT2D eigenvalue weighted by Crippen LogP contribution is 2.43. The third kappa shape index (κ3) is 2.96. The fourth-order valence-electron chi connectivity index (χ4n) is 4.12. The Morgan fingerprint density at radius 1 is 0.667 bits per heavy atom. The van der Waals surface area contributed by atoms with Gasteiger partial charge >= 0.3 is 0 Å². The van der Waals surface area contributed by atoms with E-state index in [-0.39, 0.29) is 5.41 Å². The molecule has 148 valence electrons. The molecule has 1 aromatic heterocycles. The topological polar surface area (TPSA) is 39.2 Å². The predicted molar refractivity (Wildman–Crippen MR) is 128 cm³/mol. The Hall–Kier alpha value is -3.52. The Morgan fingerprint density at radius 3 is 2.10 bits per heavy atom. The lowest BCUT2D eigenvalue weighted by Crippen LogP contribution is -2.12. The van der Waals surface area contributed by atoms with Gasteiger partial charge in [0.1, 0.15) is 11.2 Å². The van der Waals surface area contributed by atoms with Crippen molar-refractivity contribution in [1.82, 2.24) is 0 Å². The van der Waals surface area contributed by atoms with Crippen LogP contribution in [0, 0.1) is 0 Å². The lowest BCUT2D eigenvalue weighted by molar-refractivity contribution is 0.591. The molecule has 0 saturated carbocycles. The minimum Gasteiger partial charge on any atom is -0.455 e. The molecule has 0 aliphatic rings. The summed E-state index contributed by atoms with van der Waals surface area (Å²) in [5, 5.41) is 2.24. The minimum absolute atomic E-state index is 0.00620. The highest BCUT2D eigenvalue weighted by molar-refractivity contribution is 6.11. The van der Waals surface area contributed by atoms with E-state index in [1.54, 1.807) is 0 Å². The zero-order chi connectivity index (χ0) is 20.9. The maximum Gasteiger partial charge on any atom is 0.143 e. The molecular weight excluding hydrogens is 366 g/mol. The van der Waals surface area contributed by atoms with Gasteiger partial charge in [0.25, 0.3) is 0 Å². The fraction of sp³-hybridized carbons (Fsp3) is 0.143. The summed E-state index contributed by atoms with van der Waals surface area (Å²) < 4.78 is 6.31. The largest absolute Gasteiger partial charge is 0.455 e. The molecule has 0 spiro atoms. The van der Waals surface area contributed by atoms with Crippen molar-refractivity contribution in [2.24, 2.45) is 0 Å². The first-order chi connectivity index (χ1) is 14.4. The summed E-state index contributed by atoms with van der Waals surface area (Å²) in [6.45, 7) is 6.70. The van der Waals surface area contributed by atoms with E-state index in [0.29, 0.717) is 0 Å². The highest BCUT2D eigenvalue weighted by atomic mass is 16.3. The molecule has 0 aliphatic heterocycles. The van der Waals surface area contributed by atoms with Gasteiger partial charge in [0, 0.05) is 33.2 Å². The van der Waals surface area contributed by atoms with Crippen LogP contribution in [0.5, 0.6) is 0 Å². The molecule has 2 N–H and O–H groups in total. The summed E-state index contributed by atoms with van der Waals surface area (Å²) in [4.78, 5) is 0. The van der Waals surface area contributed by atoms with Crippen molar-refractivity contribution in [3.05, 3.63) is 90.5 Å². The molecule has 0 radical (unpaired) electrons. The zero-order valence-corrected chi connectivity index (χ0v) is 17.6. The standard InChI is InChI=1S/C28H25NO/c1-28(2,3)19-16-23(18-10-5-4-6-11-18)26(29)24(17-19)22-14-9-13-21-20-12-7-8-15-25(20)30-27(21)22/h4-17H,29H2,1-3H3. The number of nitrogen functional groups attached to an aromatic ring is 1. The van der Waals surface area contributed by atoms with Gasteiger partial charge in [0.05, 0.1) is 0 Å². The van der Waals surface area contributed by atoms with Crippen LogP contribution in [0.2, 0.25) is 0 Å². The van der Waals surface area contributed by atoms with E-state index < -0.39 is 0 Å². The number of furan rings is 1. The molecule has 0 aliphatic carbocycles. The SMILES string of the molecule is CC(C)(C)c1cc(-c2ccccc2)c(N)c(-c2cccc3c2oc2ccccc23)c1. The highest BCUT2D eigenvalue weighted by Gasteiger charge is 2.21. The molecule has 0 unspecified atom stereocenters. The Kier molecular flexibility index (Phi) is 4.18. The van der Waals surface area contributed by atoms with Crippen molar-refractivity contribution in [1.29, 1.82) is 0 Å². The summed E-state index contributed by atoms with van der Waals surface area (Å²) in [6, 6.07) is 29.3. The molecule has 30 heavy (non-hydrogen) atoms. The van der Waals surface area contributed by atoms with Crippen molar-refractivity contribution in [2.75, 3.05) is 5.73 Å². The molecule has 0 amide bonds. The molecular formula is C28H25NO.